The van der Waals surface area contributed by atoms with Gasteiger partial charge in [-0.15, -0.1) is 0 Å². The predicted molar refractivity (Wildman–Crippen MR) is 89.4 cm³/mol. The molecule has 1 aromatic heterocycles. The van der Waals surface area contributed by atoms with Crippen LogP contribution in [0.15, 0.2) is 24.4 Å². The number of aromatic nitrogens is 2. The third kappa shape index (κ3) is 2.50. The van der Waals surface area contributed by atoms with Gasteiger partial charge in [0.2, 0.25) is 0 Å². The lowest BCUT2D eigenvalue weighted by Gasteiger charge is -2.46. The van der Waals surface area contributed by atoms with Crippen molar-refractivity contribution in [2.24, 2.45) is 5.41 Å². The average Bonchev–Trinajstić information content (AvgIpc) is 3.16. The van der Waals surface area contributed by atoms with Crippen LogP contribution < -0.4 is 0 Å². The SMILES string of the molecule is CN1CC2(CCN(C(=O)c3cn[nH]c3-c3ccc(F)c(Cl)c3)C2)C1. The van der Waals surface area contributed by atoms with Crippen molar-refractivity contribution in [2.45, 2.75) is 6.42 Å². The number of aromatic amines is 1. The zero-order valence-corrected chi connectivity index (χ0v) is 14.1. The molecule has 0 unspecified atom stereocenters. The molecule has 0 saturated carbocycles. The fraction of sp³-hybridized carbons (Fsp3) is 0.412. The Morgan fingerprint density at radius 1 is 1.38 bits per heavy atom. The Hall–Kier alpha value is -1.92. The number of hydrogen-bond acceptors (Lipinski definition) is 3. The number of likely N-dealkylation sites (tertiary alicyclic amines) is 2. The van der Waals surface area contributed by atoms with E-state index in [-0.39, 0.29) is 16.3 Å². The fourth-order valence-electron chi connectivity index (χ4n) is 3.96. The number of nitrogens with one attached hydrogen (secondary N) is 1. The van der Waals surface area contributed by atoms with Gasteiger partial charge in [0.15, 0.2) is 0 Å². The normalized spacial score (nSPS) is 19.7. The van der Waals surface area contributed by atoms with Crippen LogP contribution in [-0.2, 0) is 0 Å². The minimum absolute atomic E-state index is 0.0260. The van der Waals surface area contributed by atoms with Crippen molar-refractivity contribution in [3.8, 4) is 11.3 Å². The monoisotopic (exact) mass is 348 g/mol. The summed E-state index contributed by atoms with van der Waals surface area (Å²) in [7, 11) is 2.10. The second kappa shape index (κ2) is 5.57. The van der Waals surface area contributed by atoms with E-state index in [0.29, 0.717) is 16.8 Å². The molecule has 2 aliphatic heterocycles. The molecular formula is C17H18ClFN4O. The van der Waals surface area contributed by atoms with Crippen LogP contribution in [0.2, 0.25) is 5.02 Å². The van der Waals surface area contributed by atoms with Crippen LogP contribution in [0.25, 0.3) is 11.3 Å². The van der Waals surface area contributed by atoms with E-state index in [9.17, 15) is 9.18 Å². The Kier molecular flexibility index (Phi) is 3.62. The lowest BCUT2D eigenvalue weighted by atomic mass is 9.79. The fourth-order valence-corrected chi connectivity index (χ4v) is 4.14. The van der Waals surface area contributed by atoms with E-state index in [1.807, 2.05) is 4.90 Å². The van der Waals surface area contributed by atoms with E-state index in [4.69, 9.17) is 11.6 Å². The standard InChI is InChI=1S/C17H18ClFN4O/c1-22-8-17(9-22)4-5-23(10-17)16(24)12-7-20-21-15(12)11-2-3-14(19)13(18)6-11/h2-3,6-7H,4-5,8-10H2,1H3,(H,20,21). The quantitative estimate of drug-likeness (QED) is 0.907. The Morgan fingerprint density at radius 3 is 2.88 bits per heavy atom. The molecule has 2 fully saturated rings. The number of rotatable bonds is 2. The van der Waals surface area contributed by atoms with Crippen molar-refractivity contribution in [2.75, 3.05) is 33.2 Å². The summed E-state index contributed by atoms with van der Waals surface area (Å²) >= 11 is 5.86. The molecular weight excluding hydrogens is 331 g/mol. The van der Waals surface area contributed by atoms with Crippen LogP contribution in [-0.4, -0.2) is 59.1 Å². The number of nitrogens with zero attached hydrogens (tertiary/aromatic N) is 3. The lowest BCUT2D eigenvalue weighted by molar-refractivity contribution is 0.0294. The first-order valence-corrected chi connectivity index (χ1v) is 8.32. The summed E-state index contributed by atoms with van der Waals surface area (Å²) in [4.78, 5) is 17.1. The summed E-state index contributed by atoms with van der Waals surface area (Å²) in [5.74, 6) is -0.519. The Balaban J connectivity index is 1.58. The summed E-state index contributed by atoms with van der Waals surface area (Å²) < 4.78 is 13.4. The largest absolute Gasteiger partial charge is 0.338 e. The maximum atomic E-state index is 13.4. The van der Waals surface area contributed by atoms with Crippen LogP contribution in [0, 0.1) is 11.2 Å². The summed E-state index contributed by atoms with van der Waals surface area (Å²) in [6, 6.07) is 4.40. The van der Waals surface area contributed by atoms with Crippen molar-refractivity contribution in [1.82, 2.24) is 20.0 Å². The van der Waals surface area contributed by atoms with Crippen molar-refractivity contribution in [3.63, 3.8) is 0 Å². The van der Waals surface area contributed by atoms with Crippen LogP contribution >= 0.6 is 11.6 Å². The molecule has 0 bridgehead atoms. The highest BCUT2D eigenvalue weighted by Crippen LogP contribution is 2.39. The molecule has 2 saturated heterocycles. The van der Waals surface area contributed by atoms with E-state index in [2.05, 4.69) is 22.1 Å². The molecule has 126 valence electrons. The third-order valence-electron chi connectivity index (χ3n) is 5.01. The summed E-state index contributed by atoms with van der Waals surface area (Å²) in [6.07, 6.45) is 2.57. The van der Waals surface area contributed by atoms with Gasteiger partial charge in [-0.1, -0.05) is 11.6 Å². The Labute approximate surface area is 144 Å². The van der Waals surface area contributed by atoms with Crippen molar-refractivity contribution >= 4 is 17.5 Å². The van der Waals surface area contributed by atoms with E-state index < -0.39 is 5.82 Å². The average molecular weight is 349 g/mol. The first kappa shape index (κ1) is 15.6. The minimum Gasteiger partial charge on any atom is -0.338 e. The van der Waals surface area contributed by atoms with Crippen LogP contribution in [0.1, 0.15) is 16.8 Å². The zero-order chi connectivity index (χ0) is 16.9. The molecule has 2 aromatic rings. The third-order valence-corrected chi connectivity index (χ3v) is 5.30. The number of amides is 1. The minimum atomic E-state index is -0.483. The molecule has 1 amide bonds. The van der Waals surface area contributed by atoms with Gasteiger partial charge in [0.25, 0.3) is 5.91 Å². The molecule has 3 heterocycles. The Morgan fingerprint density at radius 2 is 2.17 bits per heavy atom. The molecule has 1 N–H and O–H groups in total. The highest BCUT2D eigenvalue weighted by Gasteiger charge is 2.47. The number of halogens is 2. The van der Waals surface area contributed by atoms with Gasteiger partial charge in [0, 0.05) is 37.2 Å². The number of benzene rings is 1. The molecule has 0 atom stereocenters. The molecule has 2 aliphatic rings. The maximum absolute atomic E-state index is 13.4. The second-order valence-electron chi connectivity index (χ2n) is 6.94. The highest BCUT2D eigenvalue weighted by atomic mass is 35.5. The van der Waals surface area contributed by atoms with E-state index in [0.717, 1.165) is 32.6 Å². The van der Waals surface area contributed by atoms with E-state index in [1.165, 1.54) is 18.3 Å². The van der Waals surface area contributed by atoms with E-state index >= 15 is 0 Å². The first-order chi connectivity index (χ1) is 11.5. The van der Waals surface area contributed by atoms with Crippen LogP contribution in [0.5, 0.6) is 0 Å². The molecule has 1 aromatic carbocycles. The van der Waals surface area contributed by atoms with Gasteiger partial charge in [-0.05, 0) is 31.7 Å². The first-order valence-electron chi connectivity index (χ1n) is 7.94. The van der Waals surface area contributed by atoms with Crippen LogP contribution in [0.4, 0.5) is 4.39 Å². The molecule has 7 heteroatoms. The number of H-pyrrole nitrogens is 1. The van der Waals surface area contributed by atoms with Gasteiger partial charge in [-0.25, -0.2) is 4.39 Å². The van der Waals surface area contributed by atoms with Crippen molar-refractivity contribution in [1.29, 1.82) is 0 Å². The molecule has 24 heavy (non-hydrogen) atoms. The smallest absolute Gasteiger partial charge is 0.257 e. The summed E-state index contributed by atoms with van der Waals surface area (Å²) in [5, 5.41) is 6.88. The molecule has 0 aliphatic carbocycles. The molecule has 5 nitrogen and oxygen atoms in total. The van der Waals surface area contributed by atoms with Gasteiger partial charge >= 0.3 is 0 Å². The van der Waals surface area contributed by atoms with Crippen molar-refractivity contribution in [3.05, 3.63) is 40.8 Å². The lowest BCUT2D eigenvalue weighted by Crippen LogP contribution is -2.55. The number of hydrogen-bond donors (Lipinski definition) is 1. The van der Waals surface area contributed by atoms with Gasteiger partial charge in [-0.3, -0.25) is 9.89 Å². The summed E-state index contributed by atoms with van der Waals surface area (Å²) in [6.45, 7) is 3.64. The molecule has 0 radical (unpaired) electrons. The highest BCUT2D eigenvalue weighted by molar-refractivity contribution is 6.31. The van der Waals surface area contributed by atoms with Gasteiger partial charge in [0.1, 0.15) is 5.82 Å². The van der Waals surface area contributed by atoms with Gasteiger partial charge < -0.3 is 9.80 Å². The van der Waals surface area contributed by atoms with E-state index in [1.54, 1.807) is 6.07 Å². The maximum Gasteiger partial charge on any atom is 0.257 e. The Bertz CT molecular complexity index is 800. The van der Waals surface area contributed by atoms with Crippen molar-refractivity contribution < 1.29 is 9.18 Å². The van der Waals surface area contributed by atoms with Gasteiger partial charge in [0.05, 0.1) is 22.5 Å². The number of carbonyl (C=O) groups excluding carboxylic acids is 1. The van der Waals surface area contributed by atoms with Crippen LogP contribution in [0.3, 0.4) is 0 Å². The molecule has 4 rings (SSSR count). The van der Waals surface area contributed by atoms with Gasteiger partial charge in [-0.2, -0.15) is 5.10 Å². The molecule has 1 spiro atoms. The zero-order valence-electron chi connectivity index (χ0n) is 13.4. The number of carbonyl (C=O) groups is 1. The topological polar surface area (TPSA) is 52.2 Å². The summed E-state index contributed by atoms with van der Waals surface area (Å²) in [5.41, 5.74) is 1.99. The second-order valence-corrected chi connectivity index (χ2v) is 7.34. The predicted octanol–water partition coefficient (Wildman–Crippen LogP) is 2.65.